The van der Waals surface area contributed by atoms with Crippen LogP contribution in [0.4, 0.5) is 0 Å². The van der Waals surface area contributed by atoms with Gasteiger partial charge < -0.3 is 10.4 Å². The van der Waals surface area contributed by atoms with Crippen molar-refractivity contribution in [3.8, 4) is 0 Å². The average Bonchev–Trinajstić information content (AvgIpc) is 3.16. The summed E-state index contributed by atoms with van der Waals surface area (Å²) in [5.41, 5.74) is 0.256. The number of hydrogen-bond donors (Lipinski definition) is 2. The lowest BCUT2D eigenvalue weighted by Gasteiger charge is -2.28. The summed E-state index contributed by atoms with van der Waals surface area (Å²) in [6, 6.07) is 7.03. The second kappa shape index (κ2) is 6.95. The van der Waals surface area contributed by atoms with Crippen LogP contribution in [-0.4, -0.2) is 28.8 Å². The van der Waals surface area contributed by atoms with Crippen LogP contribution in [-0.2, 0) is 4.79 Å². The van der Waals surface area contributed by atoms with E-state index >= 15 is 0 Å². The average molecular weight is 333 g/mol. The number of amides is 1. The number of carboxylic acid groups (broad SMARTS) is 1. The first-order chi connectivity index (χ1) is 11.0. The van der Waals surface area contributed by atoms with E-state index in [1.54, 1.807) is 24.3 Å². The Morgan fingerprint density at radius 1 is 1.30 bits per heavy atom. The van der Waals surface area contributed by atoms with Crippen molar-refractivity contribution < 1.29 is 14.7 Å². The molecule has 2 fully saturated rings. The molecule has 4 nitrogen and oxygen atoms in total. The van der Waals surface area contributed by atoms with Crippen LogP contribution in [0.25, 0.3) is 0 Å². The predicted molar refractivity (Wildman–Crippen MR) is 90.7 cm³/mol. The van der Waals surface area contributed by atoms with E-state index in [2.05, 4.69) is 12.2 Å². The van der Waals surface area contributed by atoms with Gasteiger partial charge >= 0.3 is 5.97 Å². The molecule has 3 rings (SSSR count). The first-order valence-corrected chi connectivity index (χ1v) is 9.27. The van der Waals surface area contributed by atoms with Gasteiger partial charge in [-0.05, 0) is 56.1 Å². The minimum atomic E-state index is -0.955. The van der Waals surface area contributed by atoms with E-state index in [9.17, 15) is 9.59 Å². The number of fused-ring (bicyclic) bond motifs is 2. The van der Waals surface area contributed by atoms with Crippen molar-refractivity contribution in [2.45, 2.75) is 43.5 Å². The zero-order chi connectivity index (χ0) is 16.4. The SMILES string of the molecule is C[C@H](NC(=O)CSc1ccccc1C(=O)O)[C@@H]1C[C@@H]2CC[C@@H]1C2. The summed E-state index contributed by atoms with van der Waals surface area (Å²) in [6.07, 6.45) is 5.27. The van der Waals surface area contributed by atoms with Gasteiger partial charge in [-0.2, -0.15) is 0 Å². The molecule has 2 N–H and O–H groups in total. The van der Waals surface area contributed by atoms with Gasteiger partial charge in [0.1, 0.15) is 0 Å². The Kier molecular flexibility index (Phi) is 4.95. The highest BCUT2D eigenvalue weighted by atomic mass is 32.2. The van der Waals surface area contributed by atoms with Gasteiger partial charge in [-0.3, -0.25) is 4.79 Å². The number of thioether (sulfide) groups is 1. The van der Waals surface area contributed by atoms with Crippen LogP contribution in [0.3, 0.4) is 0 Å². The molecule has 2 aliphatic carbocycles. The summed E-state index contributed by atoms with van der Waals surface area (Å²) in [5.74, 6) is 1.58. The summed E-state index contributed by atoms with van der Waals surface area (Å²) in [7, 11) is 0. The first-order valence-electron chi connectivity index (χ1n) is 8.29. The number of carbonyl (C=O) groups excluding carboxylic acids is 1. The maximum absolute atomic E-state index is 12.2. The van der Waals surface area contributed by atoms with E-state index in [0.29, 0.717) is 10.8 Å². The van der Waals surface area contributed by atoms with Crippen LogP contribution in [0.2, 0.25) is 0 Å². The molecule has 1 aromatic rings. The van der Waals surface area contributed by atoms with Gasteiger partial charge in [0.2, 0.25) is 5.91 Å². The van der Waals surface area contributed by atoms with Crippen LogP contribution in [0.1, 0.15) is 43.0 Å². The highest BCUT2D eigenvalue weighted by Crippen LogP contribution is 2.49. The van der Waals surface area contributed by atoms with E-state index in [4.69, 9.17) is 5.11 Å². The fraction of sp³-hybridized carbons (Fsp3) is 0.556. The van der Waals surface area contributed by atoms with E-state index in [1.807, 2.05) is 0 Å². The Morgan fingerprint density at radius 2 is 2.09 bits per heavy atom. The second-order valence-corrected chi connectivity index (χ2v) is 7.80. The fourth-order valence-electron chi connectivity index (χ4n) is 4.22. The molecule has 1 aromatic carbocycles. The third-order valence-electron chi connectivity index (χ3n) is 5.30. The van der Waals surface area contributed by atoms with Gasteiger partial charge in [-0.25, -0.2) is 4.79 Å². The van der Waals surface area contributed by atoms with Crippen molar-refractivity contribution in [2.24, 2.45) is 17.8 Å². The molecule has 0 heterocycles. The molecule has 0 saturated heterocycles. The second-order valence-electron chi connectivity index (χ2n) is 6.78. The number of rotatable bonds is 6. The number of carbonyl (C=O) groups is 2. The summed E-state index contributed by atoms with van der Waals surface area (Å²) in [6.45, 7) is 2.11. The molecule has 0 radical (unpaired) electrons. The molecule has 0 spiro atoms. The Hall–Kier alpha value is -1.49. The molecular weight excluding hydrogens is 310 g/mol. The Balaban J connectivity index is 1.51. The quantitative estimate of drug-likeness (QED) is 0.783. The van der Waals surface area contributed by atoms with Gasteiger partial charge in [0, 0.05) is 10.9 Å². The van der Waals surface area contributed by atoms with E-state index in [1.165, 1.54) is 37.4 Å². The standard InChI is InChI=1S/C18H23NO3S/c1-11(15-9-12-6-7-13(15)8-12)19-17(20)10-23-16-5-3-2-4-14(16)18(21)22/h2-5,11-13,15H,6-10H2,1H3,(H,19,20)(H,21,22)/t11-,12+,13+,15-/m0/s1. The van der Waals surface area contributed by atoms with Gasteiger partial charge in [0.15, 0.2) is 0 Å². The van der Waals surface area contributed by atoms with Crippen molar-refractivity contribution in [3.05, 3.63) is 29.8 Å². The topological polar surface area (TPSA) is 66.4 Å². The molecule has 0 unspecified atom stereocenters. The van der Waals surface area contributed by atoms with Gasteiger partial charge in [0.25, 0.3) is 0 Å². The maximum atomic E-state index is 12.2. The van der Waals surface area contributed by atoms with Crippen LogP contribution in [0.15, 0.2) is 29.2 Å². The van der Waals surface area contributed by atoms with Crippen LogP contribution < -0.4 is 5.32 Å². The molecule has 2 saturated carbocycles. The van der Waals surface area contributed by atoms with Crippen LogP contribution >= 0.6 is 11.8 Å². The van der Waals surface area contributed by atoms with Crippen molar-refractivity contribution in [1.82, 2.24) is 5.32 Å². The molecule has 0 aliphatic heterocycles. The Bertz CT molecular complexity index is 604. The lowest BCUT2D eigenvalue weighted by atomic mass is 9.84. The van der Waals surface area contributed by atoms with Crippen molar-refractivity contribution in [2.75, 3.05) is 5.75 Å². The lowest BCUT2D eigenvalue weighted by Crippen LogP contribution is -2.40. The normalized spacial score (nSPS) is 26.9. The number of aromatic carboxylic acids is 1. The molecule has 1 amide bonds. The van der Waals surface area contributed by atoms with Crippen molar-refractivity contribution in [1.29, 1.82) is 0 Å². The van der Waals surface area contributed by atoms with E-state index in [0.717, 1.165) is 11.8 Å². The van der Waals surface area contributed by atoms with Crippen LogP contribution in [0.5, 0.6) is 0 Å². The summed E-state index contributed by atoms with van der Waals surface area (Å²) >= 11 is 1.29. The molecule has 5 heteroatoms. The number of carboxylic acids is 1. The minimum absolute atomic E-state index is 0.00883. The zero-order valence-electron chi connectivity index (χ0n) is 13.3. The molecule has 124 valence electrons. The molecular formula is C18H23NO3S. The Morgan fingerprint density at radius 3 is 2.74 bits per heavy atom. The van der Waals surface area contributed by atoms with Crippen molar-refractivity contribution >= 4 is 23.6 Å². The minimum Gasteiger partial charge on any atom is -0.478 e. The lowest BCUT2D eigenvalue weighted by molar-refractivity contribution is -0.119. The first kappa shape index (κ1) is 16.4. The Labute approximate surface area is 141 Å². The number of benzene rings is 1. The smallest absolute Gasteiger partial charge is 0.336 e. The monoisotopic (exact) mass is 333 g/mol. The molecule has 23 heavy (non-hydrogen) atoms. The largest absolute Gasteiger partial charge is 0.478 e. The van der Waals surface area contributed by atoms with Gasteiger partial charge in [-0.15, -0.1) is 11.8 Å². The number of nitrogens with one attached hydrogen (secondary N) is 1. The summed E-state index contributed by atoms with van der Waals surface area (Å²) in [5, 5.41) is 12.3. The third-order valence-corrected chi connectivity index (χ3v) is 6.37. The summed E-state index contributed by atoms with van der Waals surface area (Å²) < 4.78 is 0. The predicted octanol–water partition coefficient (Wildman–Crippen LogP) is 3.42. The van der Waals surface area contributed by atoms with E-state index in [-0.39, 0.29) is 23.3 Å². The molecule has 4 atom stereocenters. The fourth-order valence-corrected chi connectivity index (χ4v) is 5.08. The molecule has 2 aliphatic rings. The van der Waals surface area contributed by atoms with Gasteiger partial charge in [0.05, 0.1) is 11.3 Å². The van der Waals surface area contributed by atoms with E-state index < -0.39 is 5.97 Å². The maximum Gasteiger partial charge on any atom is 0.336 e. The highest BCUT2D eigenvalue weighted by molar-refractivity contribution is 8.00. The van der Waals surface area contributed by atoms with Crippen LogP contribution in [0, 0.1) is 17.8 Å². The highest BCUT2D eigenvalue weighted by Gasteiger charge is 2.42. The molecule has 0 aromatic heterocycles. The third kappa shape index (κ3) is 3.71. The van der Waals surface area contributed by atoms with Crippen molar-refractivity contribution in [3.63, 3.8) is 0 Å². The molecule has 2 bridgehead atoms. The zero-order valence-corrected chi connectivity index (χ0v) is 14.1. The summed E-state index contributed by atoms with van der Waals surface area (Å²) in [4.78, 5) is 24.0. The van der Waals surface area contributed by atoms with Gasteiger partial charge in [-0.1, -0.05) is 18.6 Å². The number of hydrogen-bond acceptors (Lipinski definition) is 3.